The van der Waals surface area contributed by atoms with E-state index >= 15 is 0 Å². The molecule has 0 atom stereocenters. The summed E-state index contributed by atoms with van der Waals surface area (Å²) in [6.45, 7) is 3.69. The highest BCUT2D eigenvalue weighted by atomic mass is 16.5. The Kier molecular flexibility index (Phi) is 7.31. The van der Waals surface area contributed by atoms with Gasteiger partial charge < -0.3 is 19.7 Å². The van der Waals surface area contributed by atoms with Crippen molar-refractivity contribution < 1.29 is 19.2 Å². The second-order valence-electron chi connectivity index (χ2n) is 7.42. The molecule has 1 amide bonds. The van der Waals surface area contributed by atoms with Crippen LogP contribution in [-0.2, 0) is 17.8 Å². The maximum atomic E-state index is 12.5. The molecule has 1 aliphatic rings. The molecule has 2 N–H and O–H groups in total. The Morgan fingerprint density at radius 2 is 1.71 bits per heavy atom. The monoisotopic (exact) mass is 383 g/mol. The van der Waals surface area contributed by atoms with Crippen LogP contribution >= 0.6 is 0 Å². The molecule has 0 saturated carbocycles. The van der Waals surface area contributed by atoms with Gasteiger partial charge in [-0.05, 0) is 30.2 Å². The van der Waals surface area contributed by atoms with Crippen LogP contribution in [0.4, 0.5) is 0 Å². The number of carbonyl (C=O) groups is 1. The molecule has 0 unspecified atom stereocenters. The van der Waals surface area contributed by atoms with E-state index in [1.807, 2.05) is 30.3 Å². The first kappa shape index (κ1) is 20.2. The molecule has 5 heteroatoms. The van der Waals surface area contributed by atoms with Gasteiger partial charge in [-0.25, -0.2) is 0 Å². The fraction of sp³-hybridized carbons (Fsp3) is 0.435. The number of hydrogen-bond donors (Lipinski definition) is 2. The molecule has 150 valence electrons. The first-order valence-corrected chi connectivity index (χ1v) is 10.1. The summed E-state index contributed by atoms with van der Waals surface area (Å²) >= 11 is 0. The summed E-state index contributed by atoms with van der Waals surface area (Å²) in [4.78, 5) is 14.0. The second-order valence-corrected chi connectivity index (χ2v) is 7.42. The van der Waals surface area contributed by atoms with Gasteiger partial charge in [-0.15, -0.1) is 0 Å². The molecule has 1 heterocycles. The maximum Gasteiger partial charge on any atom is 0.223 e. The average Bonchev–Trinajstić information content (AvgIpc) is 2.75. The lowest BCUT2D eigenvalue weighted by Crippen LogP contribution is -3.11. The van der Waals surface area contributed by atoms with Gasteiger partial charge >= 0.3 is 0 Å². The van der Waals surface area contributed by atoms with Crippen molar-refractivity contribution in [2.75, 3.05) is 33.9 Å². The van der Waals surface area contributed by atoms with E-state index in [1.165, 1.54) is 16.0 Å². The quantitative estimate of drug-likeness (QED) is 0.732. The molecule has 3 rings (SSSR count). The first-order valence-electron chi connectivity index (χ1n) is 10.1. The molecule has 28 heavy (non-hydrogen) atoms. The van der Waals surface area contributed by atoms with Crippen molar-refractivity contribution >= 4 is 5.91 Å². The molecule has 0 spiro atoms. The van der Waals surface area contributed by atoms with E-state index in [4.69, 9.17) is 9.47 Å². The molecule has 5 nitrogen and oxygen atoms in total. The number of piperidine rings is 1. The van der Waals surface area contributed by atoms with Crippen molar-refractivity contribution in [1.82, 2.24) is 5.32 Å². The predicted molar refractivity (Wildman–Crippen MR) is 110 cm³/mol. The Balaban J connectivity index is 1.42. The minimum absolute atomic E-state index is 0.143. The molecule has 0 radical (unpaired) electrons. The third-order valence-electron chi connectivity index (χ3n) is 5.52. The number of hydrogen-bond acceptors (Lipinski definition) is 3. The van der Waals surface area contributed by atoms with Crippen LogP contribution in [0, 0.1) is 5.92 Å². The molecular weight excluding hydrogens is 352 g/mol. The molecule has 1 saturated heterocycles. The van der Waals surface area contributed by atoms with Gasteiger partial charge in [0.05, 0.1) is 27.3 Å². The standard InChI is InChI=1S/C23H30N2O3/c1-27-21-9-8-19(16-22(21)28-2)17-25-14-11-20(12-15-25)23(26)24-13-10-18-6-4-3-5-7-18/h3-9,16,20H,10-15,17H2,1-2H3,(H,24,26)/p+1. The molecular formula is C23H31N2O3+. The summed E-state index contributed by atoms with van der Waals surface area (Å²) < 4.78 is 10.7. The largest absolute Gasteiger partial charge is 0.493 e. The number of methoxy groups -OCH3 is 2. The molecule has 1 aliphatic heterocycles. The second kappa shape index (κ2) is 10.1. The zero-order chi connectivity index (χ0) is 19.8. The number of ether oxygens (including phenoxy) is 2. The molecule has 1 fully saturated rings. The molecule has 2 aromatic rings. The van der Waals surface area contributed by atoms with Crippen molar-refractivity contribution in [1.29, 1.82) is 0 Å². The summed E-state index contributed by atoms with van der Waals surface area (Å²) in [5.41, 5.74) is 2.50. The van der Waals surface area contributed by atoms with Gasteiger partial charge in [-0.3, -0.25) is 4.79 Å². The lowest BCUT2D eigenvalue weighted by Gasteiger charge is -2.28. The molecule has 0 aliphatic carbocycles. The zero-order valence-corrected chi connectivity index (χ0v) is 16.9. The number of likely N-dealkylation sites (tertiary alicyclic amines) is 1. The van der Waals surface area contributed by atoms with Gasteiger partial charge in [-0.2, -0.15) is 0 Å². The van der Waals surface area contributed by atoms with E-state index in [-0.39, 0.29) is 11.8 Å². The predicted octanol–water partition coefficient (Wildman–Crippen LogP) is 1.86. The number of quaternary nitrogens is 1. The van der Waals surface area contributed by atoms with Crippen LogP contribution in [0.25, 0.3) is 0 Å². The Morgan fingerprint density at radius 3 is 2.39 bits per heavy atom. The van der Waals surface area contributed by atoms with Crippen LogP contribution in [0.3, 0.4) is 0 Å². The summed E-state index contributed by atoms with van der Waals surface area (Å²) in [5, 5.41) is 3.11. The van der Waals surface area contributed by atoms with E-state index < -0.39 is 0 Å². The Labute approximate surface area is 167 Å². The van der Waals surface area contributed by atoms with E-state index in [2.05, 4.69) is 23.5 Å². The summed E-state index contributed by atoms with van der Waals surface area (Å²) in [7, 11) is 3.31. The molecule has 0 aromatic heterocycles. The van der Waals surface area contributed by atoms with Crippen molar-refractivity contribution in [2.45, 2.75) is 25.8 Å². The van der Waals surface area contributed by atoms with Crippen LogP contribution in [0.5, 0.6) is 11.5 Å². The van der Waals surface area contributed by atoms with E-state index in [0.717, 1.165) is 50.4 Å². The Hall–Kier alpha value is -2.53. The lowest BCUT2D eigenvalue weighted by atomic mass is 9.95. The van der Waals surface area contributed by atoms with Gasteiger partial charge in [0, 0.05) is 30.9 Å². The highest BCUT2D eigenvalue weighted by molar-refractivity contribution is 5.78. The van der Waals surface area contributed by atoms with Crippen molar-refractivity contribution in [3.05, 3.63) is 59.7 Å². The molecule has 2 aromatic carbocycles. The maximum absolute atomic E-state index is 12.5. The Morgan fingerprint density at radius 1 is 1.00 bits per heavy atom. The number of benzene rings is 2. The number of rotatable bonds is 8. The van der Waals surface area contributed by atoms with Crippen LogP contribution in [-0.4, -0.2) is 39.8 Å². The average molecular weight is 384 g/mol. The third kappa shape index (κ3) is 5.49. The lowest BCUT2D eigenvalue weighted by molar-refractivity contribution is -0.919. The van der Waals surface area contributed by atoms with Gasteiger partial charge in [0.15, 0.2) is 11.5 Å². The van der Waals surface area contributed by atoms with Crippen molar-refractivity contribution in [3.8, 4) is 11.5 Å². The fourth-order valence-electron chi connectivity index (χ4n) is 3.86. The van der Waals surface area contributed by atoms with E-state index in [9.17, 15) is 4.79 Å². The van der Waals surface area contributed by atoms with Gasteiger partial charge in [-0.1, -0.05) is 30.3 Å². The van der Waals surface area contributed by atoms with Gasteiger partial charge in [0.1, 0.15) is 6.54 Å². The van der Waals surface area contributed by atoms with Gasteiger partial charge in [0.2, 0.25) is 5.91 Å². The minimum Gasteiger partial charge on any atom is -0.493 e. The highest BCUT2D eigenvalue weighted by Crippen LogP contribution is 2.27. The smallest absolute Gasteiger partial charge is 0.223 e. The third-order valence-corrected chi connectivity index (χ3v) is 5.52. The minimum atomic E-state index is 0.143. The van der Waals surface area contributed by atoms with Gasteiger partial charge in [0.25, 0.3) is 0 Å². The first-order chi connectivity index (χ1) is 13.7. The fourth-order valence-corrected chi connectivity index (χ4v) is 3.86. The number of amides is 1. The summed E-state index contributed by atoms with van der Waals surface area (Å²) in [6.07, 6.45) is 2.77. The summed E-state index contributed by atoms with van der Waals surface area (Å²) in [6, 6.07) is 16.4. The molecule has 0 bridgehead atoms. The van der Waals surface area contributed by atoms with Crippen LogP contribution in [0.1, 0.15) is 24.0 Å². The number of carbonyl (C=O) groups excluding carboxylic acids is 1. The van der Waals surface area contributed by atoms with Crippen LogP contribution < -0.4 is 19.7 Å². The van der Waals surface area contributed by atoms with Crippen molar-refractivity contribution in [2.24, 2.45) is 5.92 Å². The zero-order valence-electron chi connectivity index (χ0n) is 16.9. The topological polar surface area (TPSA) is 52.0 Å². The van der Waals surface area contributed by atoms with E-state index in [0.29, 0.717) is 6.54 Å². The highest BCUT2D eigenvalue weighted by Gasteiger charge is 2.27. The van der Waals surface area contributed by atoms with Crippen LogP contribution in [0.15, 0.2) is 48.5 Å². The summed E-state index contributed by atoms with van der Waals surface area (Å²) in [5.74, 6) is 1.88. The normalized spacial score (nSPS) is 19.1. The van der Waals surface area contributed by atoms with Crippen LogP contribution in [0.2, 0.25) is 0 Å². The number of nitrogens with one attached hydrogen (secondary N) is 2. The van der Waals surface area contributed by atoms with Crippen molar-refractivity contribution in [3.63, 3.8) is 0 Å². The van der Waals surface area contributed by atoms with E-state index in [1.54, 1.807) is 14.2 Å². The Bertz CT molecular complexity index is 756. The SMILES string of the molecule is COc1ccc(C[NH+]2CCC(C(=O)NCCc3ccccc3)CC2)cc1OC.